The fourth-order valence-corrected chi connectivity index (χ4v) is 5.82. The van der Waals surface area contributed by atoms with E-state index in [1.165, 1.54) is 28.0 Å². The second-order valence-electron chi connectivity index (χ2n) is 11.5. The average Bonchev–Trinajstić information content (AvgIpc) is 3.09. The molecule has 0 saturated carbocycles. The van der Waals surface area contributed by atoms with E-state index in [2.05, 4.69) is 125 Å². The molecule has 0 saturated heterocycles. The van der Waals surface area contributed by atoms with Crippen molar-refractivity contribution < 1.29 is 0 Å². The second-order valence-corrected chi connectivity index (χ2v) is 11.5. The Balaban J connectivity index is 1.20. The quantitative estimate of drug-likeness (QED) is 0.170. The minimum atomic E-state index is 0.732. The standard InChI is InChI=1S/C40H35N5/c41-36-15-5-29(6-16-36)28-1-3-34(4-2-28)35-25-44(39-21-11-32(12-22-39)30-7-17-37(42)18-8-30)27-45(26-35)40-23-13-33(14-24-40)31-9-19-38(43)20-10-31/h1-25H,26-27,41-43H2. The highest BCUT2D eigenvalue weighted by atomic mass is 15.3. The van der Waals surface area contributed by atoms with Gasteiger partial charge in [0.2, 0.25) is 0 Å². The minimum Gasteiger partial charge on any atom is -0.399 e. The zero-order valence-electron chi connectivity index (χ0n) is 25.0. The van der Waals surface area contributed by atoms with Gasteiger partial charge < -0.3 is 27.0 Å². The maximum Gasteiger partial charge on any atom is 0.0949 e. The van der Waals surface area contributed by atoms with Crippen molar-refractivity contribution in [3.8, 4) is 33.4 Å². The Morgan fingerprint density at radius 2 is 0.667 bits per heavy atom. The summed E-state index contributed by atoms with van der Waals surface area (Å²) in [6.07, 6.45) is 2.29. The SMILES string of the molecule is Nc1ccc(-c2ccc(C3=CN(c4ccc(-c5ccc(N)cc5)cc4)CN(c4ccc(-c5ccc(N)cc5)cc4)C3)cc2)cc1. The van der Waals surface area contributed by atoms with E-state index in [4.69, 9.17) is 17.2 Å². The molecule has 0 amide bonds. The van der Waals surface area contributed by atoms with E-state index in [9.17, 15) is 0 Å². The fraction of sp³-hybridized carbons (Fsp3) is 0.0500. The monoisotopic (exact) mass is 585 g/mol. The molecule has 0 unspecified atom stereocenters. The van der Waals surface area contributed by atoms with E-state index >= 15 is 0 Å². The van der Waals surface area contributed by atoms with E-state index in [-0.39, 0.29) is 0 Å². The molecule has 1 heterocycles. The van der Waals surface area contributed by atoms with E-state index in [0.717, 1.165) is 58.2 Å². The summed E-state index contributed by atoms with van der Waals surface area (Å²) in [5.41, 5.74) is 31.7. The van der Waals surface area contributed by atoms with Crippen LogP contribution in [0.15, 0.2) is 152 Å². The molecule has 5 heteroatoms. The van der Waals surface area contributed by atoms with Crippen LogP contribution in [0.3, 0.4) is 0 Å². The lowest BCUT2D eigenvalue weighted by molar-refractivity contribution is 0.820. The lowest BCUT2D eigenvalue weighted by Crippen LogP contribution is -2.40. The number of rotatable bonds is 6. The normalized spacial score (nSPS) is 13.0. The number of hydrogen-bond donors (Lipinski definition) is 3. The van der Waals surface area contributed by atoms with Gasteiger partial charge in [-0.1, -0.05) is 84.9 Å². The van der Waals surface area contributed by atoms with Crippen LogP contribution in [0.4, 0.5) is 28.4 Å². The van der Waals surface area contributed by atoms with Crippen LogP contribution >= 0.6 is 0 Å². The first-order valence-electron chi connectivity index (χ1n) is 15.1. The van der Waals surface area contributed by atoms with Crippen molar-refractivity contribution in [1.29, 1.82) is 0 Å². The summed E-state index contributed by atoms with van der Waals surface area (Å²) >= 11 is 0. The zero-order valence-corrected chi connectivity index (χ0v) is 25.0. The molecule has 220 valence electrons. The highest BCUT2D eigenvalue weighted by Crippen LogP contribution is 2.33. The van der Waals surface area contributed by atoms with Gasteiger partial charge in [-0.15, -0.1) is 0 Å². The predicted octanol–water partition coefficient (Wildman–Crippen LogP) is 8.76. The number of anilines is 5. The third-order valence-electron chi connectivity index (χ3n) is 8.42. The van der Waals surface area contributed by atoms with E-state index < -0.39 is 0 Å². The molecule has 0 radical (unpaired) electrons. The molecule has 45 heavy (non-hydrogen) atoms. The van der Waals surface area contributed by atoms with E-state index in [1.807, 2.05) is 36.4 Å². The van der Waals surface area contributed by atoms with Gasteiger partial charge in [-0.2, -0.15) is 0 Å². The van der Waals surface area contributed by atoms with Crippen molar-refractivity contribution >= 4 is 34.0 Å². The number of hydrogen-bond acceptors (Lipinski definition) is 5. The van der Waals surface area contributed by atoms with Crippen LogP contribution in [-0.4, -0.2) is 13.2 Å². The van der Waals surface area contributed by atoms with Crippen molar-refractivity contribution in [3.05, 3.63) is 157 Å². The Kier molecular flexibility index (Phi) is 7.42. The summed E-state index contributed by atoms with van der Waals surface area (Å²) in [5, 5.41) is 0. The molecule has 0 fully saturated rings. The largest absolute Gasteiger partial charge is 0.399 e. The van der Waals surface area contributed by atoms with Gasteiger partial charge in [0.25, 0.3) is 0 Å². The molecular formula is C40H35N5. The van der Waals surface area contributed by atoms with Crippen LogP contribution in [0.2, 0.25) is 0 Å². The molecular weight excluding hydrogens is 550 g/mol. The van der Waals surface area contributed by atoms with Crippen molar-refractivity contribution in [2.75, 3.05) is 40.2 Å². The molecule has 0 aliphatic carbocycles. The van der Waals surface area contributed by atoms with Crippen molar-refractivity contribution in [2.24, 2.45) is 0 Å². The molecule has 6 aromatic rings. The Bertz CT molecular complexity index is 1920. The van der Waals surface area contributed by atoms with Gasteiger partial charge in [-0.3, -0.25) is 0 Å². The molecule has 1 aliphatic rings. The number of nitrogens with two attached hydrogens (primary N) is 3. The highest BCUT2D eigenvalue weighted by Gasteiger charge is 2.21. The summed E-state index contributed by atoms with van der Waals surface area (Å²) in [6, 6.07) is 50.4. The average molecular weight is 586 g/mol. The van der Waals surface area contributed by atoms with Gasteiger partial charge in [0, 0.05) is 41.2 Å². The first-order valence-corrected chi connectivity index (χ1v) is 15.1. The Morgan fingerprint density at radius 3 is 1.07 bits per heavy atom. The Labute approximate surface area is 264 Å². The second kappa shape index (κ2) is 12.0. The van der Waals surface area contributed by atoms with Crippen LogP contribution in [-0.2, 0) is 0 Å². The predicted molar refractivity (Wildman–Crippen MR) is 192 cm³/mol. The van der Waals surface area contributed by atoms with Gasteiger partial charge in [-0.25, -0.2) is 0 Å². The van der Waals surface area contributed by atoms with Gasteiger partial charge in [0.1, 0.15) is 0 Å². The van der Waals surface area contributed by atoms with Crippen LogP contribution in [0.25, 0.3) is 39.0 Å². The van der Waals surface area contributed by atoms with Gasteiger partial charge in [0.15, 0.2) is 0 Å². The summed E-state index contributed by atoms with van der Waals surface area (Å²) < 4.78 is 0. The van der Waals surface area contributed by atoms with Crippen molar-refractivity contribution in [3.63, 3.8) is 0 Å². The summed E-state index contributed by atoms with van der Waals surface area (Å²) in [7, 11) is 0. The van der Waals surface area contributed by atoms with Crippen molar-refractivity contribution in [1.82, 2.24) is 0 Å². The minimum absolute atomic E-state index is 0.732. The molecule has 6 N–H and O–H groups in total. The van der Waals surface area contributed by atoms with Gasteiger partial charge in [0.05, 0.1) is 6.67 Å². The lowest BCUT2D eigenvalue weighted by Gasteiger charge is -2.37. The summed E-state index contributed by atoms with van der Waals surface area (Å²) in [6.45, 7) is 1.53. The van der Waals surface area contributed by atoms with E-state index in [0.29, 0.717) is 0 Å². The zero-order chi connectivity index (χ0) is 30.8. The number of nitrogen functional groups attached to an aromatic ring is 3. The molecule has 1 aliphatic heterocycles. The molecule has 7 rings (SSSR count). The molecule has 5 nitrogen and oxygen atoms in total. The van der Waals surface area contributed by atoms with Crippen molar-refractivity contribution in [2.45, 2.75) is 0 Å². The molecule has 6 aromatic carbocycles. The Morgan fingerprint density at radius 1 is 0.356 bits per heavy atom. The number of benzene rings is 6. The molecule has 0 spiro atoms. The lowest BCUT2D eigenvalue weighted by atomic mass is 9.99. The fourth-order valence-electron chi connectivity index (χ4n) is 5.82. The molecule has 0 atom stereocenters. The Hall–Kier alpha value is -5.94. The first kappa shape index (κ1) is 27.9. The first-order chi connectivity index (χ1) is 22.0. The maximum atomic E-state index is 5.91. The summed E-state index contributed by atoms with van der Waals surface area (Å²) in [4.78, 5) is 4.75. The van der Waals surface area contributed by atoms with Gasteiger partial charge >= 0.3 is 0 Å². The van der Waals surface area contributed by atoms with E-state index in [1.54, 1.807) is 0 Å². The smallest absolute Gasteiger partial charge is 0.0949 e. The number of nitrogens with zero attached hydrogens (tertiary/aromatic N) is 2. The van der Waals surface area contributed by atoms with Crippen LogP contribution < -0.4 is 27.0 Å². The maximum absolute atomic E-state index is 5.91. The van der Waals surface area contributed by atoms with Crippen LogP contribution in [0.5, 0.6) is 0 Å². The summed E-state index contributed by atoms with van der Waals surface area (Å²) in [5.74, 6) is 0. The van der Waals surface area contributed by atoms with Crippen LogP contribution in [0.1, 0.15) is 5.56 Å². The molecule has 0 bridgehead atoms. The van der Waals surface area contributed by atoms with Crippen LogP contribution in [0, 0.1) is 0 Å². The van der Waals surface area contributed by atoms with Gasteiger partial charge in [-0.05, 0) is 105 Å². The third kappa shape index (κ3) is 6.10. The highest BCUT2D eigenvalue weighted by molar-refractivity contribution is 5.79. The third-order valence-corrected chi connectivity index (χ3v) is 8.42. The molecule has 0 aromatic heterocycles. The topological polar surface area (TPSA) is 84.5 Å².